The molecule has 0 N–H and O–H groups in total. The van der Waals surface area contributed by atoms with Crippen LogP contribution in [0.1, 0.15) is 159 Å². The topological polar surface area (TPSA) is 61.8 Å². The molecular weight excluding hydrogens is 596 g/mol. The van der Waals surface area contributed by atoms with Crippen LogP contribution in [0.5, 0.6) is 0 Å². The minimum Gasteiger partial charge on any atom is -0.382 e. The van der Waals surface area contributed by atoms with E-state index >= 15 is 0 Å². The van der Waals surface area contributed by atoms with Crippen LogP contribution in [0.15, 0.2) is 24.3 Å². The number of rotatable bonds is 25. The van der Waals surface area contributed by atoms with Crippen molar-refractivity contribution < 1.29 is 23.8 Å². The maximum Gasteiger partial charge on any atom is 0.162 e. The van der Waals surface area contributed by atoms with Gasteiger partial charge in [0.1, 0.15) is 12.2 Å². The Kier molecular flexibility index (Phi) is 17.7. The van der Waals surface area contributed by atoms with Gasteiger partial charge in [-0.1, -0.05) is 106 Å². The first-order chi connectivity index (χ1) is 22.5. The van der Waals surface area contributed by atoms with Gasteiger partial charge in [-0.2, -0.15) is 0 Å². The summed E-state index contributed by atoms with van der Waals surface area (Å²) in [6.07, 6.45) is 11.2. The predicted octanol–water partition coefficient (Wildman–Crippen LogP) is 11.0. The molecule has 0 aliphatic carbocycles. The van der Waals surface area contributed by atoms with Gasteiger partial charge < -0.3 is 19.0 Å². The first-order valence-electron chi connectivity index (χ1n) is 19.3. The summed E-state index contributed by atoms with van der Waals surface area (Å²) in [5.74, 6) is 0.408. The smallest absolute Gasteiger partial charge is 0.162 e. The van der Waals surface area contributed by atoms with Gasteiger partial charge in [0.15, 0.2) is 12.1 Å². The molecule has 0 amide bonds. The van der Waals surface area contributed by atoms with Crippen LogP contribution >= 0.6 is 0 Å². The lowest BCUT2D eigenvalue weighted by Crippen LogP contribution is -2.68. The summed E-state index contributed by atoms with van der Waals surface area (Å²) in [5, 5.41) is 0. The zero-order valence-electron chi connectivity index (χ0n) is 33.9. The van der Waals surface area contributed by atoms with E-state index in [1.165, 1.54) is 11.8 Å². The van der Waals surface area contributed by atoms with Crippen molar-refractivity contribution in [1.82, 2.24) is 0 Å². The summed E-state index contributed by atoms with van der Waals surface area (Å²) in [7, 11) is 1.70. The summed E-state index contributed by atoms with van der Waals surface area (Å²) in [5.41, 5.74) is 0.224. The first-order valence-corrected chi connectivity index (χ1v) is 19.3. The summed E-state index contributed by atoms with van der Waals surface area (Å²) in [4.78, 5) is 26.7. The molecular formula is C43H76O5. The number of ketones is 1. The second-order valence-corrected chi connectivity index (χ2v) is 16.2. The molecule has 278 valence electrons. The summed E-state index contributed by atoms with van der Waals surface area (Å²) in [6.45, 7) is 30.1. The number of hydrogen-bond donors (Lipinski definition) is 0. The van der Waals surface area contributed by atoms with E-state index in [1.54, 1.807) is 7.11 Å². The lowest BCUT2D eigenvalue weighted by Gasteiger charge is -2.65. The van der Waals surface area contributed by atoms with E-state index in [4.69, 9.17) is 14.2 Å². The SMILES string of the molecule is CCC(C)(CC)CC(Cc1ccc(CC(=O)COC(C)(C)C)cc1)C(CC)(CC)C(CC)(CC)C(C=O)(OCCOC)C(C)(CC)CC. The van der Waals surface area contributed by atoms with E-state index in [1.807, 2.05) is 20.8 Å². The third kappa shape index (κ3) is 9.60. The summed E-state index contributed by atoms with van der Waals surface area (Å²) < 4.78 is 18.3. The minimum absolute atomic E-state index is 0.0949. The normalized spacial score (nSPS) is 15.3. The van der Waals surface area contributed by atoms with E-state index in [-0.39, 0.29) is 34.2 Å². The van der Waals surface area contributed by atoms with Crippen molar-refractivity contribution in [3.05, 3.63) is 35.4 Å². The lowest BCUT2D eigenvalue weighted by molar-refractivity contribution is -0.249. The number of aldehydes is 1. The van der Waals surface area contributed by atoms with Gasteiger partial charge in [-0.05, 0) is 100 Å². The number of methoxy groups -OCH3 is 1. The average Bonchev–Trinajstić information content (AvgIpc) is 3.08. The van der Waals surface area contributed by atoms with Gasteiger partial charge in [0.2, 0.25) is 0 Å². The largest absolute Gasteiger partial charge is 0.382 e. The minimum atomic E-state index is -0.982. The Labute approximate surface area is 297 Å². The van der Waals surface area contributed by atoms with E-state index in [9.17, 15) is 9.59 Å². The van der Waals surface area contributed by atoms with Crippen LogP contribution in [-0.2, 0) is 36.6 Å². The van der Waals surface area contributed by atoms with Gasteiger partial charge in [0, 0.05) is 24.4 Å². The van der Waals surface area contributed by atoms with Crippen LogP contribution in [0.4, 0.5) is 0 Å². The highest BCUT2D eigenvalue weighted by atomic mass is 16.5. The third-order valence-electron chi connectivity index (χ3n) is 13.2. The highest BCUT2D eigenvalue weighted by Crippen LogP contribution is 2.67. The third-order valence-corrected chi connectivity index (χ3v) is 13.2. The second-order valence-electron chi connectivity index (χ2n) is 16.2. The molecule has 0 aromatic heterocycles. The van der Waals surface area contributed by atoms with Crippen molar-refractivity contribution >= 4 is 12.1 Å². The van der Waals surface area contributed by atoms with Crippen LogP contribution < -0.4 is 0 Å². The first kappa shape index (κ1) is 44.5. The average molecular weight is 673 g/mol. The number of Topliss-reactive ketones (excluding diaryl/α,β-unsaturated/α-hetero) is 1. The summed E-state index contributed by atoms with van der Waals surface area (Å²) >= 11 is 0. The fourth-order valence-electron chi connectivity index (χ4n) is 9.23. The molecule has 1 aromatic rings. The molecule has 2 unspecified atom stereocenters. The Hall–Kier alpha value is -1.56. The zero-order valence-corrected chi connectivity index (χ0v) is 33.9. The summed E-state index contributed by atoms with van der Waals surface area (Å²) in [6, 6.07) is 8.72. The Morgan fingerprint density at radius 2 is 1.23 bits per heavy atom. The zero-order chi connectivity index (χ0) is 36.9. The molecule has 0 saturated heterocycles. The molecule has 0 radical (unpaired) electrons. The van der Waals surface area contributed by atoms with Crippen molar-refractivity contribution in [2.75, 3.05) is 26.9 Å². The molecule has 0 bridgehead atoms. The number of ether oxygens (including phenoxy) is 3. The molecule has 48 heavy (non-hydrogen) atoms. The fraction of sp³-hybridized carbons (Fsp3) is 0.814. The highest BCUT2D eigenvalue weighted by molar-refractivity contribution is 5.82. The van der Waals surface area contributed by atoms with E-state index in [2.05, 4.69) is 93.5 Å². The quantitative estimate of drug-likeness (QED) is 0.0764. The lowest BCUT2D eigenvalue weighted by atomic mass is 9.41. The van der Waals surface area contributed by atoms with Crippen molar-refractivity contribution in [1.29, 1.82) is 0 Å². The van der Waals surface area contributed by atoms with E-state index in [0.29, 0.717) is 25.6 Å². The second kappa shape index (κ2) is 19.2. The Bertz CT molecular complexity index is 1070. The molecule has 0 heterocycles. The van der Waals surface area contributed by atoms with Crippen molar-refractivity contribution in [2.45, 2.75) is 172 Å². The van der Waals surface area contributed by atoms with Crippen molar-refractivity contribution in [3.63, 3.8) is 0 Å². The maximum atomic E-state index is 14.0. The monoisotopic (exact) mass is 673 g/mol. The van der Waals surface area contributed by atoms with Gasteiger partial charge in [0.25, 0.3) is 0 Å². The van der Waals surface area contributed by atoms with Crippen molar-refractivity contribution in [3.8, 4) is 0 Å². The number of carbonyl (C=O) groups is 2. The maximum absolute atomic E-state index is 14.0. The number of carbonyl (C=O) groups excluding carboxylic acids is 2. The Balaban J connectivity index is 3.96. The molecule has 2 atom stereocenters. The van der Waals surface area contributed by atoms with Crippen LogP contribution in [0, 0.1) is 27.6 Å². The predicted molar refractivity (Wildman–Crippen MR) is 203 cm³/mol. The molecule has 1 aromatic carbocycles. The van der Waals surface area contributed by atoms with Gasteiger partial charge in [-0.3, -0.25) is 4.79 Å². The van der Waals surface area contributed by atoms with Crippen LogP contribution in [0.2, 0.25) is 0 Å². The molecule has 0 aliphatic heterocycles. The fourth-order valence-corrected chi connectivity index (χ4v) is 9.23. The standard InChI is InChI=1S/C43H76O5/c1-15-39(12,16-2)31-36(29-34-23-25-35(26-24-34)30-37(45)32-48-38(9,10)11)41(19-5,20-6)42(21-7,22-8)43(33-44,47-28-27-46-14)40(13,17-3)18-4/h23-26,33,36H,15-22,27-32H2,1-14H3. The van der Waals surface area contributed by atoms with Crippen LogP contribution in [-0.4, -0.2) is 50.2 Å². The van der Waals surface area contributed by atoms with Gasteiger partial charge in [-0.25, -0.2) is 0 Å². The molecule has 5 heteroatoms. The van der Waals surface area contributed by atoms with Gasteiger partial charge >= 0.3 is 0 Å². The molecule has 0 saturated carbocycles. The van der Waals surface area contributed by atoms with Crippen molar-refractivity contribution in [2.24, 2.45) is 27.6 Å². The number of hydrogen-bond acceptors (Lipinski definition) is 5. The Morgan fingerprint density at radius 3 is 1.62 bits per heavy atom. The molecule has 0 spiro atoms. The van der Waals surface area contributed by atoms with Crippen LogP contribution in [0.25, 0.3) is 0 Å². The Morgan fingerprint density at radius 1 is 0.708 bits per heavy atom. The number of benzene rings is 1. The molecule has 5 nitrogen and oxygen atoms in total. The van der Waals surface area contributed by atoms with E-state index in [0.717, 1.165) is 69.8 Å². The molecule has 1 rings (SSSR count). The molecule has 0 fully saturated rings. The van der Waals surface area contributed by atoms with Gasteiger partial charge in [0.05, 0.1) is 18.8 Å². The highest BCUT2D eigenvalue weighted by Gasteiger charge is 2.67. The van der Waals surface area contributed by atoms with Crippen LogP contribution in [0.3, 0.4) is 0 Å². The van der Waals surface area contributed by atoms with Gasteiger partial charge in [-0.15, -0.1) is 0 Å². The van der Waals surface area contributed by atoms with E-state index < -0.39 is 11.0 Å². The molecule has 0 aliphatic rings.